The molecule has 0 aliphatic heterocycles. The standard InChI is InChI=1S/C27H22Cl2N2O6S/c1-37-20-10-8-17(9-11-20)12-26(32)30-24-6-2-5-23-22(24)4-3-7-25(23)31(16-27(33)34)38(35,36)21-14-18(28)13-19(29)15-21/h2-11,13-15H,12,16H2,1H3,(H,30,32)(H,33,34). The first-order valence-electron chi connectivity index (χ1n) is 11.2. The van der Waals surface area contributed by atoms with E-state index in [-0.39, 0.29) is 33.0 Å². The van der Waals surface area contributed by atoms with Crippen LogP contribution in [0.2, 0.25) is 10.0 Å². The Kier molecular flexibility index (Phi) is 8.11. The molecule has 8 nitrogen and oxygen atoms in total. The van der Waals surface area contributed by atoms with Crippen molar-refractivity contribution in [2.45, 2.75) is 11.3 Å². The van der Waals surface area contributed by atoms with E-state index in [0.29, 0.717) is 22.2 Å². The van der Waals surface area contributed by atoms with Crippen LogP contribution in [-0.4, -0.2) is 39.1 Å². The van der Waals surface area contributed by atoms with Gasteiger partial charge < -0.3 is 15.2 Å². The van der Waals surface area contributed by atoms with Crippen LogP contribution in [0.15, 0.2) is 83.8 Å². The smallest absolute Gasteiger partial charge is 0.324 e. The normalized spacial score (nSPS) is 11.2. The molecule has 0 saturated heterocycles. The topological polar surface area (TPSA) is 113 Å². The van der Waals surface area contributed by atoms with Gasteiger partial charge in [0.25, 0.3) is 10.0 Å². The van der Waals surface area contributed by atoms with Crippen molar-refractivity contribution in [3.8, 4) is 5.75 Å². The van der Waals surface area contributed by atoms with Crippen molar-refractivity contribution >= 4 is 67.2 Å². The number of amides is 1. The molecule has 4 aromatic carbocycles. The van der Waals surface area contributed by atoms with Crippen molar-refractivity contribution in [1.82, 2.24) is 0 Å². The van der Waals surface area contributed by atoms with Gasteiger partial charge in [0.15, 0.2) is 0 Å². The van der Waals surface area contributed by atoms with E-state index < -0.39 is 22.5 Å². The summed E-state index contributed by atoms with van der Waals surface area (Å²) in [6.07, 6.45) is 0.106. The molecule has 0 fully saturated rings. The molecule has 1 amide bonds. The minimum atomic E-state index is -4.38. The van der Waals surface area contributed by atoms with Crippen LogP contribution < -0.4 is 14.4 Å². The summed E-state index contributed by atoms with van der Waals surface area (Å²) in [6, 6.07) is 20.7. The third-order valence-corrected chi connectivity index (χ3v) is 7.84. The number of fused-ring (bicyclic) bond motifs is 1. The lowest BCUT2D eigenvalue weighted by atomic mass is 10.1. The largest absolute Gasteiger partial charge is 0.497 e. The fraction of sp³-hybridized carbons (Fsp3) is 0.111. The number of rotatable bonds is 9. The average Bonchev–Trinajstić information content (AvgIpc) is 2.87. The van der Waals surface area contributed by atoms with Crippen LogP contribution >= 0.6 is 23.2 Å². The maximum Gasteiger partial charge on any atom is 0.324 e. The summed E-state index contributed by atoms with van der Waals surface area (Å²) in [5, 5.41) is 13.6. The third kappa shape index (κ3) is 6.02. The van der Waals surface area contributed by atoms with Crippen LogP contribution in [0.25, 0.3) is 10.8 Å². The molecule has 0 unspecified atom stereocenters. The molecule has 2 N–H and O–H groups in total. The van der Waals surface area contributed by atoms with Crippen LogP contribution in [-0.2, 0) is 26.0 Å². The van der Waals surface area contributed by atoms with Gasteiger partial charge in [-0.1, -0.05) is 59.6 Å². The van der Waals surface area contributed by atoms with Crippen molar-refractivity contribution in [2.24, 2.45) is 0 Å². The second kappa shape index (κ2) is 11.3. The monoisotopic (exact) mass is 572 g/mol. The first-order valence-corrected chi connectivity index (χ1v) is 13.4. The second-order valence-corrected chi connectivity index (χ2v) is 11.0. The number of ether oxygens (including phenoxy) is 1. The van der Waals surface area contributed by atoms with Crippen LogP contribution in [0.3, 0.4) is 0 Å². The number of carboxylic acids is 1. The van der Waals surface area contributed by atoms with E-state index >= 15 is 0 Å². The second-order valence-electron chi connectivity index (χ2n) is 8.26. The van der Waals surface area contributed by atoms with Gasteiger partial charge in [-0.05, 0) is 48.0 Å². The van der Waals surface area contributed by atoms with E-state index in [1.54, 1.807) is 61.7 Å². The lowest BCUT2D eigenvalue weighted by Crippen LogP contribution is -2.36. The molecule has 0 bridgehead atoms. The Morgan fingerprint density at radius 3 is 2.18 bits per heavy atom. The minimum absolute atomic E-state index is 0.0890. The molecule has 11 heteroatoms. The van der Waals surface area contributed by atoms with Gasteiger partial charge in [0, 0.05) is 26.5 Å². The first-order chi connectivity index (χ1) is 18.1. The molecule has 0 aliphatic carbocycles. The molecule has 0 aromatic heterocycles. The maximum atomic E-state index is 13.6. The van der Waals surface area contributed by atoms with E-state index in [4.69, 9.17) is 27.9 Å². The number of methoxy groups -OCH3 is 1. The Balaban J connectivity index is 1.73. The van der Waals surface area contributed by atoms with Crippen molar-refractivity contribution < 1.29 is 27.9 Å². The third-order valence-electron chi connectivity index (χ3n) is 5.67. The fourth-order valence-electron chi connectivity index (χ4n) is 3.97. The van der Waals surface area contributed by atoms with Gasteiger partial charge in [-0.25, -0.2) is 8.42 Å². The van der Waals surface area contributed by atoms with Crippen LogP contribution in [0.5, 0.6) is 5.75 Å². The lowest BCUT2D eigenvalue weighted by Gasteiger charge is -2.25. The molecule has 0 radical (unpaired) electrons. The molecule has 0 saturated carbocycles. The number of nitrogens with one attached hydrogen (secondary N) is 1. The Bertz CT molecular complexity index is 1600. The average molecular weight is 573 g/mol. The molecule has 0 atom stereocenters. The van der Waals surface area contributed by atoms with Crippen molar-refractivity contribution in [3.63, 3.8) is 0 Å². The number of hydrogen-bond donors (Lipinski definition) is 2. The molecular weight excluding hydrogens is 551 g/mol. The van der Waals surface area contributed by atoms with Crippen molar-refractivity contribution in [3.05, 3.63) is 94.5 Å². The fourth-order valence-corrected chi connectivity index (χ4v) is 6.13. The van der Waals surface area contributed by atoms with E-state index in [1.165, 1.54) is 24.3 Å². The number of halogens is 2. The summed E-state index contributed by atoms with van der Waals surface area (Å²) in [7, 11) is -2.82. The highest BCUT2D eigenvalue weighted by Crippen LogP contribution is 2.35. The Labute approximate surface area is 229 Å². The van der Waals surface area contributed by atoms with E-state index in [0.717, 1.165) is 9.87 Å². The summed E-state index contributed by atoms with van der Waals surface area (Å²) in [5.41, 5.74) is 1.34. The summed E-state index contributed by atoms with van der Waals surface area (Å²) >= 11 is 12.0. The first kappa shape index (κ1) is 27.3. The van der Waals surface area contributed by atoms with Crippen LogP contribution in [0.1, 0.15) is 5.56 Å². The quantitative estimate of drug-likeness (QED) is 0.269. The molecule has 4 aromatic rings. The molecule has 38 heavy (non-hydrogen) atoms. The number of carbonyl (C=O) groups excluding carboxylic acids is 1. The number of carbonyl (C=O) groups is 2. The van der Waals surface area contributed by atoms with E-state index in [1.807, 2.05) is 0 Å². The highest BCUT2D eigenvalue weighted by Gasteiger charge is 2.29. The number of aliphatic carboxylic acids is 1. The predicted octanol–water partition coefficient (Wildman–Crippen LogP) is 5.62. The molecule has 196 valence electrons. The summed E-state index contributed by atoms with van der Waals surface area (Å²) in [5.74, 6) is -0.962. The Morgan fingerprint density at radius 1 is 0.921 bits per heavy atom. The van der Waals surface area contributed by atoms with Gasteiger partial charge in [-0.2, -0.15) is 0 Å². The molecular formula is C27H22Cl2N2O6S. The maximum absolute atomic E-state index is 13.6. The van der Waals surface area contributed by atoms with Gasteiger partial charge in [-0.15, -0.1) is 0 Å². The van der Waals surface area contributed by atoms with Gasteiger partial charge >= 0.3 is 5.97 Å². The lowest BCUT2D eigenvalue weighted by molar-refractivity contribution is -0.135. The van der Waals surface area contributed by atoms with Crippen LogP contribution in [0.4, 0.5) is 11.4 Å². The highest BCUT2D eigenvalue weighted by molar-refractivity contribution is 7.93. The zero-order valence-corrected chi connectivity index (χ0v) is 22.3. The Morgan fingerprint density at radius 2 is 1.55 bits per heavy atom. The van der Waals surface area contributed by atoms with Gasteiger partial charge in [-0.3, -0.25) is 13.9 Å². The minimum Gasteiger partial charge on any atom is -0.497 e. The number of carboxylic acid groups (broad SMARTS) is 1. The van der Waals surface area contributed by atoms with E-state index in [2.05, 4.69) is 5.32 Å². The number of benzene rings is 4. The highest BCUT2D eigenvalue weighted by atomic mass is 35.5. The SMILES string of the molecule is COc1ccc(CC(=O)Nc2cccc3c(N(CC(=O)O)S(=O)(=O)c4cc(Cl)cc(Cl)c4)cccc23)cc1. The zero-order valence-electron chi connectivity index (χ0n) is 20.0. The van der Waals surface area contributed by atoms with Gasteiger partial charge in [0.2, 0.25) is 5.91 Å². The number of hydrogen-bond acceptors (Lipinski definition) is 5. The van der Waals surface area contributed by atoms with Crippen molar-refractivity contribution in [2.75, 3.05) is 23.3 Å². The van der Waals surface area contributed by atoms with Gasteiger partial charge in [0.1, 0.15) is 12.3 Å². The molecule has 0 heterocycles. The number of sulfonamides is 1. The number of nitrogens with zero attached hydrogens (tertiary/aromatic N) is 1. The molecule has 0 spiro atoms. The summed E-state index contributed by atoms with van der Waals surface area (Å²) in [6.45, 7) is -0.848. The molecule has 4 rings (SSSR count). The predicted molar refractivity (Wildman–Crippen MR) is 148 cm³/mol. The Hall–Kier alpha value is -3.79. The van der Waals surface area contributed by atoms with Gasteiger partial charge in [0.05, 0.1) is 24.1 Å². The number of anilines is 2. The van der Waals surface area contributed by atoms with Crippen molar-refractivity contribution in [1.29, 1.82) is 0 Å². The summed E-state index contributed by atoms with van der Waals surface area (Å²) in [4.78, 5) is 24.3. The van der Waals surface area contributed by atoms with E-state index in [9.17, 15) is 23.1 Å². The summed E-state index contributed by atoms with van der Waals surface area (Å²) < 4.78 is 33.1. The molecule has 0 aliphatic rings. The van der Waals surface area contributed by atoms with Crippen LogP contribution in [0, 0.1) is 0 Å². The zero-order chi connectivity index (χ0) is 27.4.